The average molecular weight is 204 g/mol. The van der Waals surface area contributed by atoms with E-state index in [4.69, 9.17) is 5.26 Å². The molecule has 1 aromatic rings. The molecule has 0 radical (unpaired) electrons. The molecule has 2 nitrogen and oxygen atoms in total. The van der Waals surface area contributed by atoms with Crippen molar-refractivity contribution < 1.29 is 4.39 Å². The van der Waals surface area contributed by atoms with E-state index >= 15 is 0 Å². The van der Waals surface area contributed by atoms with Crippen molar-refractivity contribution >= 4 is 5.69 Å². The van der Waals surface area contributed by atoms with Crippen LogP contribution in [0.3, 0.4) is 0 Å². The lowest BCUT2D eigenvalue weighted by atomic mass is 9.78. The molecule has 15 heavy (non-hydrogen) atoms. The Morgan fingerprint density at radius 3 is 2.67 bits per heavy atom. The monoisotopic (exact) mass is 204 g/mol. The van der Waals surface area contributed by atoms with Gasteiger partial charge in [-0.2, -0.15) is 5.26 Å². The van der Waals surface area contributed by atoms with Gasteiger partial charge in [-0.05, 0) is 44.4 Å². The molecule has 0 aromatic heterocycles. The summed E-state index contributed by atoms with van der Waals surface area (Å²) in [5.74, 6) is -0.345. The minimum absolute atomic E-state index is 0.0367. The molecule has 1 saturated carbocycles. The van der Waals surface area contributed by atoms with E-state index in [-0.39, 0.29) is 11.4 Å². The van der Waals surface area contributed by atoms with Gasteiger partial charge in [0.1, 0.15) is 5.82 Å². The highest BCUT2D eigenvalue weighted by Gasteiger charge is 2.31. The molecule has 1 aromatic carbocycles. The summed E-state index contributed by atoms with van der Waals surface area (Å²) in [7, 11) is 0. The third kappa shape index (κ3) is 1.94. The Kier molecular flexibility index (Phi) is 2.36. The summed E-state index contributed by atoms with van der Waals surface area (Å²) in [5, 5.41) is 11.8. The third-order valence-electron chi connectivity index (χ3n) is 2.99. The molecule has 1 aliphatic rings. The van der Waals surface area contributed by atoms with Crippen molar-refractivity contribution in [3.8, 4) is 6.07 Å². The molecule has 1 fully saturated rings. The van der Waals surface area contributed by atoms with E-state index < -0.39 is 0 Å². The maximum atomic E-state index is 13.5. The first-order valence-corrected chi connectivity index (χ1v) is 5.11. The topological polar surface area (TPSA) is 35.8 Å². The first kappa shape index (κ1) is 9.97. The number of nitriles is 1. The van der Waals surface area contributed by atoms with Crippen LogP contribution in [0.2, 0.25) is 0 Å². The van der Waals surface area contributed by atoms with Gasteiger partial charge < -0.3 is 5.32 Å². The molecule has 0 spiro atoms. The largest absolute Gasteiger partial charge is 0.378 e. The Morgan fingerprint density at radius 1 is 1.47 bits per heavy atom. The van der Waals surface area contributed by atoms with Crippen LogP contribution in [0.1, 0.15) is 31.7 Å². The summed E-state index contributed by atoms with van der Waals surface area (Å²) in [4.78, 5) is 0. The fourth-order valence-corrected chi connectivity index (χ4v) is 1.84. The number of hydrogen-bond donors (Lipinski definition) is 1. The van der Waals surface area contributed by atoms with Crippen LogP contribution in [0.25, 0.3) is 0 Å². The van der Waals surface area contributed by atoms with E-state index in [1.807, 2.05) is 6.07 Å². The first-order valence-electron chi connectivity index (χ1n) is 5.11. The van der Waals surface area contributed by atoms with Crippen LogP contribution >= 0.6 is 0 Å². The van der Waals surface area contributed by atoms with Crippen LogP contribution in [0.15, 0.2) is 18.2 Å². The van der Waals surface area contributed by atoms with Gasteiger partial charge >= 0.3 is 0 Å². The third-order valence-corrected chi connectivity index (χ3v) is 2.99. The molecular weight excluding hydrogens is 191 g/mol. The zero-order chi connectivity index (χ0) is 10.9. The van der Waals surface area contributed by atoms with Gasteiger partial charge in [-0.15, -0.1) is 0 Å². The molecule has 0 saturated heterocycles. The first-order chi connectivity index (χ1) is 7.13. The minimum Gasteiger partial charge on any atom is -0.378 e. The number of hydrogen-bond acceptors (Lipinski definition) is 2. The van der Waals surface area contributed by atoms with Crippen LogP contribution in [0, 0.1) is 17.1 Å². The van der Waals surface area contributed by atoms with Crippen molar-refractivity contribution in [2.24, 2.45) is 0 Å². The number of halogens is 1. The molecule has 3 heteroatoms. The van der Waals surface area contributed by atoms with Crippen molar-refractivity contribution in [1.29, 1.82) is 5.26 Å². The lowest BCUT2D eigenvalue weighted by Crippen LogP contribution is -2.41. The molecule has 1 N–H and O–H groups in total. The molecule has 0 heterocycles. The predicted octanol–water partition coefficient (Wildman–Crippen LogP) is 3.05. The normalized spacial score (nSPS) is 17.7. The van der Waals surface area contributed by atoms with Gasteiger partial charge in [-0.25, -0.2) is 4.39 Å². The number of nitrogens with zero attached hydrogens (tertiary/aromatic N) is 1. The fraction of sp³-hybridized carbons (Fsp3) is 0.417. The maximum Gasteiger partial charge on any atom is 0.147 e. The molecule has 78 valence electrons. The summed E-state index contributed by atoms with van der Waals surface area (Å²) >= 11 is 0. The Labute approximate surface area is 88.7 Å². The number of benzene rings is 1. The van der Waals surface area contributed by atoms with E-state index in [1.165, 1.54) is 12.5 Å². The summed E-state index contributed by atoms with van der Waals surface area (Å²) in [5.41, 5.74) is 0.891. The minimum atomic E-state index is -0.345. The fourth-order valence-electron chi connectivity index (χ4n) is 1.84. The van der Waals surface area contributed by atoms with Crippen molar-refractivity contribution in [2.75, 3.05) is 5.32 Å². The van der Waals surface area contributed by atoms with E-state index in [1.54, 1.807) is 12.1 Å². The van der Waals surface area contributed by atoms with Crippen LogP contribution in [0.5, 0.6) is 0 Å². The van der Waals surface area contributed by atoms with Crippen LogP contribution in [-0.2, 0) is 0 Å². The summed E-state index contributed by atoms with van der Waals surface area (Å²) in [6.45, 7) is 2.09. The molecule has 0 atom stereocenters. The Morgan fingerprint density at radius 2 is 2.20 bits per heavy atom. The highest BCUT2D eigenvalue weighted by atomic mass is 19.1. The average Bonchev–Trinajstić information content (AvgIpc) is 2.18. The highest BCUT2D eigenvalue weighted by molar-refractivity contribution is 5.50. The van der Waals surface area contributed by atoms with Crippen LogP contribution < -0.4 is 5.32 Å². The van der Waals surface area contributed by atoms with E-state index in [0.29, 0.717) is 11.3 Å². The van der Waals surface area contributed by atoms with Crippen LogP contribution in [0.4, 0.5) is 10.1 Å². The molecule has 1 aliphatic carbocycles. The molecule has 0 unspecified atom stereocenters. The summed E-state index contributed by atoms with van der Waals surface area (Å²) in [6.07, 6.45) is 3.35. The number of rotatable bonds is 2. The summed E-state index contributed by atoms with van der Waals surface area (Å²) in [6, 6.07) is 6.45. The summed E-state index contributed by atoms with van der Waals surface area (Å²) < 4.78 is 13.5. The Balaban J connectivity index is 2.19. The van der Waals surface area contributed by atoms with Crippen molar-refractivity contribution in [2.45, 2.75) is 31.7 Å². The molecular formula is C12H13FN2. The van der Waals surface area contributed by atoms with E-state index in [9.17, 15) is 4.39 Å². The van der Waals surface area contributed by atoms with Gasteiger partial charge in [0.15, 0.2) is 0 Å². The van der Waals surface area contributed by atoms with Gasteiger partial charge in [-0.3, -0.25) is 0 Å². The van der Waals surface area contributed by atoms with Crippen molar-refractivity contribution in [1.82, 2.24) is 0 Å². The second-order valence-corrected chi connectivity index (χ2v) is 4.35. The quantitative estimate of drug-likeness (QED) is 0.803. The molecule has 0 bridgehead atoms. The predicted molar refractivity (Wildman–Crippen MR) is 57.0 cm³/mol. The number of nitrogens with one attached hydrogen (secondary N) is 1. The maximum absolute atomic E-state index is 13.5. The van der Waals surface area contributed by atoms with Gasteiger partial charge in [-0.1, -0.05) is 0 Å². The SMILES string of the molecule is CC1(Nc2ccc(C#N)cc2F)CCC1. The molecule has 0 aliphatic heterocycles. The second kappa shape index (κ2) is 3.54. The Hall–Kier alpha value is -1.56. The number of anilines is 1. The zero-order valence-electron chi connectivity index (χ0n) is 8.68. The standard InChI is InChI=1S/C12H13FN2/c1-12(5-2-6-12)15-11-4-3-9(8-14)7-10(11)13/h3-4,7,15H,2,5-6H2,1H3. The second-order valence-electron chi connectivity index (χ2n) is 4.35. The zero-order valence-corrected chi connectivity index (χ0v) is 8.68. The van der Waals surface area contributed by atoms with Crippen molar-refractivity contribution in [3.05, 3.63) is 29.6 Å². The van der Waals surface area contributed by atoms with Gasteiger partial charge in [0.05, 0.1) is 17.3 Å². The molecule has 2 rings (SSSR count). The lowest BCUT2D eigenvalue weighted by molar-refractivity contribution is 0.305. The van der Waals surface area contributed by atoms with E-state index in [0.717, 1.165) is 12.8 Å². The lowest BCUT2D eigenvalue weighted by Gasteiger charge is -2.40. The van der Waals surface area contributed by atoms with Gasteiger partial charge in [0, 0.05) is 5.54 Å². The smallest absolute Gasteiger partial charge is 0.147 e. The molecule has 0 amide bonds. The van der Waals surface area contributed by atoms with Crippen molar-refractivity contribution in [3.63, 3.8) is 0 Å². The highest BCUT2D eigenvalue weighted by Crippen LogP contribution is 2.35. The Bertz CT molecular complexity index is 416. The van der Waals surface area contributed by atoms with Gasteiger partial charge in [0.25, 0.3) is 0 Å². The van der Waals surface area contributed by atoms with Crippen LogP contribution in [-0.4, -0.2) is 5.54 Å². The van der Waals surface area contributed by atoms with Gasteiger partial charge in [0.2, 0.25) is 0 Å². The van der Waals surface area contributed by atoms with E-state index in [2.05, 4.69) is 12.2 Å².